The molecule has 4 heterocycles. The minimum absolute atomic E-state index is 0.0380. The van der Waals surface area contributed by atoms with Crippen LogP contribution in [0.5, 0.6) is 0 Å². The summed E-state index contributed by atoms with van der Waals surface area (Å²) in [4.78, 5) is 30.1. The molecule has 0 N–H and O–H groups in total. The molecule has 0 fully saturated rings. The lowest BCUT2D eigenvalue weighted by atomic mass is 9.95. The van der Waals surface area contributed by atoms with Crippen molar-refractivity contribution < 1.29 is 18.4 Å². The maximum atomic E-state index is 12.6. The van der Waals surface area contributed by atoms with Gasteiger partial charge in [-0.3, -0.25) is 14.5 Å². The third-order valence-electron chi connectivity index (χ3n) is 4.30. The van der Waals surface area contributed by atoms with E-state index in [-0.39, 0.29) is 17.7 Å². The quantitative estimate of drug-likeness (QED) is 0.507. The Labute approximate surface area is 157 Å². The van der Waals surface area contributed by atoms with Crippen LogP contribution in [0.15, 0.2) is 49.3 Å². The third-order valence-corrected chi connectivity index (χ3v) is 5.09. The number of nitrogens with zero attached hydrogens (tertiary/aromatic N) is 3. The second kappa shape index (κ2) is 6.37. The molecule has 1 aliphatic heterocycles. The van der Waals surface area contributed by atoms with Gasteiger partial charge in [0.1, 0.15) is 17.4 Å². The summed E-state index contributed by atoms with van der Waals surface area (Å²) in [5, 5.41) is 11.9. The van der Waals surface area contributed by atoms with Crippen molar-refractivity contribution in [3.8, 4) is 16.8 Å². The van der Waals surface area contributed by atoms with E-state index < -0.39 is 11.8 Å². The highest BCUT2D eigenvalue weighted by molar-refractivity contribution is 7.13. The average molecular weight is 379 g/mol. The molecule has 0 aliphatic carbocycles. The molecule has 0 aromatic carbocycles. The van der Waals surface area contributed by atoms with Crippen molar-refractivity contribution in [3.63, 3.8) is 0 Å². The number of aromatic nitrogens is 1. The van der Waals surface area contributed by atoms with Crippen molar-refractivity contribution in [2.24, 2.45) is 0 Å². The molecule has 0 saturated carbocycles. The van der Waals surface area contributed by atoms with Gasteiger partial charge in [0.05, 0.1) is 0 Å². The molecule has 3 aromatic heterocycles. The van der Waals surface area contributed by atoms with Gasteiger partial charge in [-0.25, -0.2) is 4.98 Å². The van der Waals surface area contributed by atoms with Crippen LogP contribution in [0.3, 0.4) is 0 Å². The van der Waals surface area contributed by atoms with Crippen molar-refractivity contribution in [2.45, 2.75) is 13.8 Å². The molecule has 8 heteroatoms. The molecule has 0 radical (unpaired) electrons. The summed E-state index contributed by atoms with van der Waals surface area (Å²) in [6, 6.07) is 5.29. The predicted octanol–water partition coefficient (Wildman–Crippen LogP) is 3.76. The summed E-state index contributed by atoms with van der Waals surface area (Å²) >= 11 is 1.46. The Morgan fingerprint density at radius 3 is 2.67 bits per heavy atom. The topological polar surface area (TPSA) is 100 Å². The van der Waals surface area contributed by atoms with E-state index >= 15 is 0 Å². The molecule has 0 saturated heterocycles. The number of thiazole rings is 1. The summed E-state index contributed by atoms with van der Waals surface area (Å²) < 4.78 is 11.5. The van der Waals surface area contributed by atoms with Gasteiger partial charge in [-0.15, -0.1) is 11.3 Å². The van der Waals surface area contributed by atoms with E-state index in [0.717, 1.165) is 9.91 Å². The van der Waals surface area contributed by atoms with Gasteiger partial charge >= 0.3 is 0 Å². The van der Waals surface area contributed by atoms with Gasteiger partial charge in [-0.05, 0) is 25.5 Å². The molecule has 27 heavy (non-hydrogen) atoms. The molecule has 0 bridgehead atoms. The number of furan rings is 2. The number of amides is 2. The van der Waals surface area contributed by atoms with Crippen LogP contribution in [0.25, 0.3) is 28.0 Å². The number of imide groups is 1. The monoisotopic (exact) mass is 379 g/mol. The fraction of sp³-hybridized carbons (Fsp3) is 0.158. The normalized spacial score (nSPS) is 16.6. The first kappa shape index (κ1) is 17.0. The van der Waals surface area contributed by atoms with Gasteiger partial charge < -0.3 is 8.83 Å². The number of nitriles is 1. The number of hydrogen-bond acceptors (Lipinski definition) is 7. The van der Waals surface area contributed by atoms with Gasteiger partial charge in [0, 0.05) is 35.8 Å². The zero-order valence-electron chi connectivity index (χ0n) is 14.5. The highest BCUT2D eigenvalue weighted by Gasteiger charge is 2.34. The molecule has 1 aliphatic rings. The van der Waals surface area contributed by atoms with Crippen molar-refractivity contribution in [3.05, 3.63) is 46.2 Å². The highest BCUT2D eigenvalue weighted by Crippen LogP contribution is 2.33. The van der Waals surface area contributed by atoms with E-state index in [0.29, 0.717) is 28.3 Å². The first-order chi connectivity index (χ1) is 13.0. The summed E-state index contributed by atoms with van der Waals surface area (Å²) in [6.07, 6.45) is 3.22. The van der Waals surface area contributed by atoms with E-state index in [1.807, 2.05) is 11.4 Å². The largest absolute Gasteiger partial charge is 0.453 e. The van der Waals surface area contributed by atoms with E-state index in [2.05, 4.69) is 4.98 Å². The lowest BCUT2D eigenvalue weighted by Gasteiger charge is -2.25. The zero-order valence-corrected chi connectivity index (χ0v) is 15.3. The zero-order chi connectivity index (χ0) is 19.1. The van der Waals surface area contributed by atoms with Crippen LogP contribution in [-0.2, 0) is 9.59 Å². The maximum absolute atomic E-state index is 12.6. The minimum atomic E-state index is -0.569. The summed E-state index contributed by atoms with van der Waals surface area (Å²) in [7, 11) is 0. The van der Waals surface area contributed by atoms with E-state index in [4.69, 9.17) is 8.83 Å². The van der Waals surface area contributed by atoms with E-state index in [1.54, 1.807) is 32.2 Å². The molecule has 0 atom stereocenters. The van der Waals surface area contributed by atoms with Crippen LogP contribution >= 0.6 is 11.3 Å². The summed E-state index contributed by atoms with van der Waals surface area (Å²) in [5.41, 5.74) is 1.61. The molecule has 3 aromatic rings. The van der Waals surface area contributed by atoms with Gasteiger partial charge in [0.25, 0.3) is 11.8 Å². The van der Waals surface area contributed by atoms with Crippen molar-refractivity contribution in [2.75, 3.05) is 6.54 Å². The van der Waals surface area contributed by atoms with Gasteiger partial charge in [-0.2, -0.15) is 5.26 Å². The fourth-order valence-corrected chi connectivity index (χ4v) is 3.52. The van der Waals surface area contributed by atoms with Crippen molar-refractivity contribution in [1.29, 1.82) is 5.26 Å². The van der Waals surface area contributed by atoms with Crippen LogP contribution in [0.2, 0.25) is 0 Å². The number of carbonyl (C=O) groups excluding carboxylic acids is 2. The first-order valence-electron chi connectivity index (χ1n) is 8.16. The average Bonchev–Trinajstić information content (AvgIpc) is 3.35. The van der Waals surface area contributed by atoms with Crippen LogP contribution in [0, 0.1) is 11.3 Å². The molecule has 0 spiro atoms. The third kappa shape index (κ3) is 2.69. The number of likely N-dealkylation sites (N-methyl/N-ethyl adjacent to an activating group) is 1. The Bertz CT molecular complexity index is 1140. The Morgan fingerprint density at radius 1 is 1.26 bits per heavy atom. The van der Waals surface area contributed by atoms with Crippen LogP contribution in [0.1, 0.15) is 19.6 Å². The Morgan fingerprint density at radius 2 is 2.04 bits per heavy atom. The first-order valence-corrected chi connectivity index (χ1v) is 9.04. The Hall–Kier alpha value is -3.44. The van der Waals surface area contributed by atoms with Crippen LogP contribution in [0.4, 0.5) is 0 Å². The second-order valence-corrected chi connectivity index (χ2v) is 6.74. The minimum Gasteiger partial charge on any atom is -0.453 e. The van der Waals surface area contributed by atoms with Crippen LogP contribution < -0.4 is 0 Å². The van der Waals surface area contributed by atoms with E-state index in [1.165, 1.54) is 17.4 Å². The van der Waals surface area contributed by atoms with Gasteiger partial charge in [0.2, 0.25) is 0 Å². The SMILES string of the molecule is CCN1C(=O)C(C#N)=C(C)/C(=C/c2cc3oc(-c4nccs4)cc3o2)C1=O. The van der Waals surface area contributed by atoms with Crippen molar-refractivity contribution >= 4 is 40.4 Å². The number of fused-ring (bicyclic) bond motifs is 1. The number of carbonyl (C=O) groups is 2. The molecular formula is C19H13N3O4S. The molecule has 2 amide bonds. The van der Waals surface area contributed by atoms with Crippen LogP contribution in [-0.4, -0.2) is 28.2 Å². The van der Waals surface area contributed by atoms with Crippen molar-refractivity contribution in [1.82, 2.24) is 9.88 Å². The lowest BCUT2D eigenvalue weighted by Crippen LogP contribution is -2.42. The molecule has 7 nitrogen and oxygen atoms in total. The molecule has 4 rings (SSSR count). The second-order valence-electron chi connectivity index (χ2n) is 5.85. The Balaban J connectivity index is 1.77. The predicted molar refractivity (Wildman–Crippen MR) is 98.3 cm³/mol. The number of hydrogen-bond donors (Lipinski definition) is 0. The highest BCUT2D eigenvalue weighted by atomic mass is 32.1. The van der Waals surface area contributed by atoms with E-state index in [9.17, 15) is 14.9 Å². The number of rotatable bonds is 3. The Kier molecular flexibility index (Phi) is 4.01. The lowest BCUT2D eigenvalue weighted by molar-refractivity contribution is -0.140. The summed E-state index contributed by atoms with van der Waals surface area (Å²) in [6.45, 7) is 3.45. The summed E-state index contributed by atoms with van der Waals surface area (Å²) in [5.74, 6) is -0.00596. The standard InChI is InChI=1S/C19H13N3O4S/c1-3-22-18(23)12(10(2)13(9-20)19(22)24)6-11-7-14-15(25-11)8-16(26-14)17-21-4-5-27-17/h4-8H,3H2,1-2H3/b12-6-. The van der Waals surface area contributed by atoms with Gasteiger partial charge in [0.15, 0.2) is 21.9 Å². The molecular weight excluding hydrogens is 366 g/mol. The molecule has 134 valence electrons. The molecule has 0 unspecified atom stereocenters. The van der Waals surface area contributed by atoms with Gasteiger partial charge in [-0.1, -0.05) is 0 Å². The maximum Gasteiger partial charge on any atom is 0.271 e. The fourth-order valence-electron chi connectivity index (χ4n) is 2.94. The smallest absolute Gasteiger partial charge is 0.271 e.